The predicted molar refractivity (Wildman–Crippen MR) is 50.3 cm³/mol. The topological polar surface area (TPSA) is 61.4 Å². The van der Waals surface area contributed by atoms with Gasteiger partial charge in [0.05, 0.1) is 6.61 Å². The minimum Gasteiger partial charge on any atom is -0.395 e. The van der Waals surface area contributed by atoms with E-state index in [0.29, 0.717) is 18.9 Å². The van der Waals surface area contributed by atoms with E-state index in [1.807, 2.05) is 0 Å². The molecule has 0 spiro atoms. The van der Waals surface area contributed by atoms with Crippen molar-refractivity contribution >= 4 is 5.91 Å². The van der Waals surface area contributed by atoms with Gasteiger partial charge in [-0.2, -0.15) is 0 Å². The van der Waals surface area contributed by atoms with Gasteiger partial charge in [0.2, 0.25) is 5.91 Å². The van der Waals surface area contributed by atoms with Crippen molar-refractivity contribution in [3.8, 4) is 0 Å². The van der Waals surface area contributed by atoms with Gasteiger partial charge < -0.3 is 15.7 Å². The molecule has 0 aromatic rings. The lowest BCUT2D eigenvalue weighted by molar-refractivity contribution is -0.121. The van der Waals surface area contributed by atoms with E-state index in [-0.39, 0.29) is 12.5 Å². The molecule has 0 aliphatic carbocycles. The Morgan fingerprint density at radius 1 is 1.62 bits per heavy atom. The normalized spacial score (nSPS) is 21.8. The number of aliphatic hydroxyl groups excluding tert-OH is 1. The smallest absolute Gasteiger partial charge is 0.220 e. The summed E-state index contributed by atoms with van der Waals surface area (Å²) in [5.41, 5.74) is 0. The van der Waals surface area contributed by atoms with Gasteiger partial charge in [-0.1, -0.05) is 0 Å². The lowest BCUT2D eigenvalue weighted by Gasteiger charge is -2.07. The molecule has 13 heavy (non-hydrogen) atoms. The first-order chi connectivity index (χ1) is 6.33. The van der Waals surface area contributed by atoms with Crippen LogP contribution < -0.4 is 10.6 Å². The monoisotopic (exact) mass is 186 g/mol. The molecule has 0 saturated carbocycles. The van der Waals surface area contributed by atoms with Crippen LogP contribution in [0, 0.1) is 5.92 Å². The van der Waals surface area contributed by atoms with E-state index in [0.717, 1.165) is 19.5 Å². The number of nitrogens with one attached hydrogen (secondary N) is 2. The van der Waals surface area contributed by atoms with Crippen molar-refractivity contribution in [1.82, 2.24) is 10.6 Å². The molecule has 1 atom stereocenters. The van der Waals surface area contributed by atoms with E-state index in [1.54, 1.807) is 0 Å². The standard InChI is InChI=1S/C9H18N2O2/c12-6-5-11-9(13)2-1-8-3-4-10-7-8/h8,10,12H,1-7H2,(H,11,13). The first-order valence-electron chi connectivity index (χ1n) is 4.91. The Morgan fingerprint density at radius 3 is 3.08 bits per heavy atom. The summed E-state index contributed by atoms with van der Waals surface area (Å²) in [4.78, 5) is 11.1. The first-order valence-corrected chi connectivity index (χ1v) is 4.91. The van der Waals surface area contributed by atoms with Gasteiger partial charge >= 0.3 is 0 Å². The summed E-state index contributed by atoms with van der Waals surface area (Å²) in [5, 5.41) is 14.4. The van der Waals surface area contributed by atoms with E-state index in [1.165, 1.54) is 6.42 Å². The zero-order valence-corrected chi connectivity index (χ0v) is 7.88. The van der Waals surface area contributed by atoms with Gasteiger partial charge in [-0.05, 0) is 31.8 Å². The summed E-state index contributed by atoms with van der Waals surface area (Å²) in [5.74, 6) is 0.723. The SMILES string of the molecule is O=C(CCC1CCNC1)NCCO. The number of rotatable bonds is 5. The van der Waals surface area contributed by atoms with Crippen LogP contribution in [-0.4, -0.2) is 37.3 Å². The molecule has 1 heterocycles. The maximum atomic E-state index is 11.1. The summed E-state index contributed by atoms with van der Waals surface area (Å²) >= 11 is 0. The molecular formula is C9H18N2O2. The Bertz CT molecular complexity index is 156. The lowest BCUT2D eigenvalue weighted by Crippen LogP contribution is -2.26. The number of amides is 1. The summed E-state index contributed by atoms with van der Waals surface area (Å²) in [6, 6.07) is 0. The van der Waals surface area contributed by atoms with Crippen LogP contribution >= 0.6 is 0 Å². The fraction of sp³-hybridized carbons (Fsp3) is 0.889. The van der Waals surface area contributed by atoms with Gasteiger partial charge in [-0.25, -0.2) is 0 Å². The van der Waals surface area contributed by atoms with Crippen molar-refractivity contribution < 1.29 is 9.90 Å². The van der Waals surface area contributed by atoms with Gasteiger partial charge in [-0.3, -0.25) is 4.79 Å². The molecule has 0 bridgehead atoms. The molecule has 0 aromatic heterocycles. The molecule has 0 aromatic carbocycles. The molecule has 1 amide bonds. The Kier molecular flexibility index (Phi) is 4.78. The van der Waals surface area contributed by atoms with Crippen LogP contribution in [0.25, 0.3) is 0 Å². The quantitative estimate of drug-likeness (QED) is 0.541. The molecule has 1 rings (SSSR count). The minimum atomic E-state index is 0.0245. The third-order valence-electron chi connectivity index (χ3n) is 2.38. The highest BCUT2D eigenvalue weighted by Crippen LogP contribution is 2.13. The lowest BCUT2D eigenvalue weighted by atomic mass is 10.0. The molecule has 76 valence electrons. The van der Waals surface area contributed by atoms with Crippen LogP contribution in [0.15, 0.2) is 0 Å². The molecule has 0 radical (unpaired) electrons. The zero-order chi connectivity index (χ0) is 9.52. The summed E-state index contributed by atoms with van der Waals surface area (Å²) in [6.07, 6.45) is 2.74. The van der Waals surface area contributed by atoms with Gasteiger partial charge in [0, 0.05) is 13.0 Å². The van der Waals surface area contributed by atoms with Crippen molar-refractivity contribution in [3.05, 3.63) is 0 Å². The van der Waals surface area contributed by atoms with Crippen molar-refractivity contribution in [1.29, 1.82) is 0 Å². The second kappa shape index (κ2) is 5.94. The average molecular weight is 186 g/mol. The molecule has 3 N–H and O–H groups in total. The zero-order valence-electron chi connectivity index (χ0n) is 7.88. The Balaban J connectivity index is 2.00. The third-order valence-corrected chi connectivity index (χ3v) is 2.38. The maximum absolute atomic E-state index is 11.1. The second-order valence-electron chi connectivity index (χ2n) is 3.47. The van der Waals surface area contributed by atoms with Crippen LogP contribution in [0.3, 0.4) is 0 Å². The number of carbonyl (C=O) groups excluding carboxylic acids is 1. The molecule has 4 heteroatoms. The minimum absolute atomic E-state index is 0.0245. The van der Waals surface area contributed by atoms with Crippen molar-refractivity contribution in [2.45, 2.75) is 19.3 Å². The van der Waals surface area contributed by atoms with Gasteiger partial charge in [0.1, 0.15) is 0 Å². The van der Waals surface area contributed by atoms with E-state index in [4.69, 9.17) is 5.11 Å². The van der Waals surface area contributed by atoms with Crippen LogP contribution in [-0.2, 0) is 4.79 Å². The average Bonchev–Trinajstić information content (AvgIpc) is 2.64. The van der Waals surface area contributed by atoms with Crippen LogP contribution in [0.1, 0.15) is 19.3 Å². The molecular weight excluding hydrogens is 168 g/mol. The van der Waals surface area contributed by atoms with E-state index >= 15 is 0 Å². The fourth-order valence-electron chi connectivity index (χ4n) is 1.58. The van der Waals surface area contributed by atoms with Gasteiger partial charge in [0.25, 0.3) is 0 Å². The Morgan fingerprint density at radius 2 is 2.46 bits per heavy atom. The highest BCUT2D eigenvalue weighted by Gasteiger charge is 2.15. The van der Waals surface area contributed by atoms with E-state index in [9.17, 15) is 4.79 Å². The van der Waals surface area contributed by atoms with Crippen LogP contribution in [0.2, 0.25) is 0 Å². The third kappa shape index (κ3) is 4.24. The largest absolute Gasteiger partial charge is 0.395 e. The van der Waals surface area contributed by atoms with Crippen LogP contribution in [0.4, 0.5) is 0 Å². The summed E-state index contributed by atoms with van der Waals surface area (Å²) < 4.78 is 0. The van der Waals surface area contributed by atoms with Crippen molar-refractivity contribution in [3.63, 3.8) is 0 Å². The highest BCUT2D eigenvalue weighted by atomic mass is 16.3. The maximum Gasteiger partial charge on any atom is 0.220 e. The molecule has 1 unspecified atom stereocenters. The summed E-state index contributed by atoms with van der Waals surface area (Å²) in [7, 11) is 0. The number of aliphatic hydroxyl groups is 1. The Labute approximate surface area is 78.7 Å². The molecule has 1 aliphatic heterocycles. The molecule has 1 saturated heterocycles. The summed E-state index contributed by atoms with van der Waals surface area (Å²) in [6.45, 7) is 2.54. The van der Waals surface area contributed by atoms with Crippen molar-refractivity contribution in [2.24, 2.45) is 5.92 Å². The predicted octanol–water partition coefficient (Wildman–Crippen LogP) is -0.515. The van der Waals surface area contributed by atoms with Crippen molar-refractivity contribution in [2.75, 3.05) is 26.2 Å². The van der Waals surface area contributed by atoms with Gasteiger partial charge in [0.15, 0.2) is 0 Å². The van der Waals surface area contributed by atoms with E-state index in [2.05, 4.69) is 10.6 Å². The second-order valence-corrected chi connectivity index (χ2v) is 3.47. The fourth-order valence-corrected chi connectivity index (χ4v) is 1.58. The molecule has 4 nitrogen and oxygen atoms in total. The Hall–Kier alpha value is -0.610. The number of carbonyl (C=O) groups is 1. The number of hydrogen-bond acceptors (Lipinski definition) is 3. The molecule has 1 aliphatic rings. The molecule has 1 fully saturated rings. The van der Waals surface area contributed by atoms with E-state index < -0.39 is 0 Å². The first kappa shape index (κ1) is 10.5. The van der Waals surface area contributed by atoms with Gasteiger partial charge in [-0.15, -0.1) is 0 Å². The van der Waals surface area contributed by atoms with Crippen LogP contribution in [0.5, 0.6) is 0 Å². The number of hydrogen-bond donors (Lipinski definition) is 3. The highest BCUT2D eigenvalue weighted by molar-refractivity contribution is 5.75.